The molecule has 0 unspecified atom stereocenters. The first-order chi connectivity index (χ1) is 16.7. The second kappa shape index (κ2) is 10.4. The number of nitrogens with zero attached hydrogens (tertiary/aromatic N) is 3. The zero-order valence-corrected chi connectivity index (χ0v) is 19.1. The van der Waals surface area contributed by atoms with Crippen LogP contribution in [0.25, 0.3) is 0 Å². The van der Waals surface area contributed by atoms with Crippen LogP contribution in [0.1, 0.15) is 10.6 Å². The van der Waals surface area contributed by atoms with Crippen molar-refractivity contribution in [1.82, 2.24) is 9.97 Å². The Balaban J connectivity index is 1.19. The fourth-order valence-corrected chi connectivity index (χ4v) is 4.27. The van der Waals surface area contributed by atoms with E-state index < -0.39 is 0 Å². The van der Waals surface area contributed by atoms with Gasteiger partial charge in [0.25, 0.3) is 5.91 Å². The van der Waals surface area contributed by atoms with Crippen LogP contribution in [0.5, 0.6) is 0 Å². The van der Waals surface area contributed by atoms with Crippen LogP contribution >= 0.6 is 11.8 Å². The lowest BCUT2D eigenvalue weighted by Gasteiger charge is -2.28. The van der Waals surface area contributed by atoms with Gasteiger partial charge in [-0.05, 0) is 66.7 Å². The van der Waals surface area contributed by atoms with Gasteiger partial charge in [-0.1, -0.05) is 11.8 Å². The van der Waals surface area contributed by atoms with Gasteiger partial charge in [-0.25, -0.2) is 9.97 Å². The molecule has 0 aliphatic carbocycles. The molecule has 9 heteroatoms. The summed E-state index contributed by atoms with van der Waals surface area (Å²) in [6.45, 7) is 3.35. The zero-order chi connectivity index (χ0) is 23.2. The van der Waals surface area contributed by atoms with Crippen LogP contribution in [0.4, 0.5) is 23.0 Å². The fraction of sp³-hybridized carbons (Fsp3) is 0.160. The summed E-state index contributed by atoms with van der Waals surface area (Å²) >= 11 is 1.52. The van der Waals surface area contributed by atoms with Gasteiger partial charge in [0.1, 0.15) is 5.03 Å². The number of carbonyl (C=O) groups is 1. The van der Waals surface area contributed by atoms with Gasteiger partial charge in [-0.3, -0.25) is 4.79 Å². The second-order valence-corrected chi connectivity index (χ2v) is 8.64. The summed E-state index contributed by atoms with van der Waals surface area (Å²) in [5.41, 5.74) is 2.80. The van der Waals surface area contributed by atoms with E-state index in [0.29, 0.717) is 11.6 Å². The molecule has 2 N–H and O–H groups in total. The molecule has 0 saturated carbocycles. The molecular weight excluding hydrogens is 450 g/mol. The van der Waals surface area contributed by atoms with Crippen molar-refractivity contribution in [3.8, 4) is 0 Å². The Hall–Kier alpha value is -3.82. The Labute approximate surface area is 201 Å². The molecule has 0 radical (unpaired) electrons. The minimum absolute atomic E-state index is 0.273. The summed E-state index contributed by atoms with van der Waals surface area (Å²) in [6.07, 6.45) is 3.21. The number of nitrogens with one attached hydrogen (secondary N) is 2. The Bertz CT molecular complexity index is 1220. The number of carbonyl (C=O) groups excluding carboxylic acids is 1. The van der Waals surface area contributed by atoms with Gasteiger partial charge in [0.15, 0.2) is 5.76 Å². The third kappa shape index (κ3) is 5.56. The predicted molar refractivity (Wildman–Crippen MR) is 132 cm³/mol. The van der Waals surface area contributed by atoms with Crippen molar-refractivity contribution in [2.24, 2.45) is 0 Å². The summed E-state index contributed by atoms with van der Waals surface area (Å²) in [5, 5.41) is 6.89. The molecule has 0 atom stereocenters. The Morgan fingerprint density at radius 3 is 2.44 bits per heavy atom. The van der Waals surface area contributed by atoms with Crippen LogP contribution in [0.2, 0.25) is 0 Å². The summed E-state index contributed by atoms with van der Waals surface area (Å²) in [7, 11) is 0. The van der Waals surface area contributed by atoms with Crippen LogP contribution in [0, 0.1) is 0 Å². The van der Waals surface area contributed by atoms with Gasteiger partial charge < -0.3 is 24.7 Å². The second-order valence-electron chi connectivity index (χ2n) is 7.55. The van der Waals surface area contributed by atoms with Crippen LogP contribution in [-0.2, 0) is 4.74 Å². The SMILES string of the molecule is O=C(Nc1ccc(Sc2ccnc(Nc3ccc(N4CCOCC4)cc3)n2)cc1)c1ccco1. The van der Waals surface area contributed by atoms with Crippen LogP contribution in [0.3, 0.4) is 0 Å². The number of morpholine rings is 1. The van der Waals surface area contributed by atoms with Gasteiger partial charge in [0.2, 0.25) is 5.95 Å². The largest absolute Gasteiger partial charge is 0.459 e. The lowest BCUT2D eigenvalue weighted by Crippen LogP contribution is -2.36. The first-order valence-electron chi connectivity index (χ1n) is 10.9. The Morgan fingerprint density at radius 1 is 0.941 bits per heavy atom. The molecule has 1 amide bonds. The van der Waals surface area contributed by atoms with E-state index in [1.807, 2.05) is 42.5 Å². The molecular formula is C25H23N5O3S. The van der Waals surface area contributed by atoms with Crippen molar-refractivity contribution in [1.29, 1.82) is 0 Å². The number of rotatable bonds is 7. The van der Waals surface area contributed by atoms with Gasteiger partial charge >= 0.3 is 0 Å². The van der Waals surface area contributed by atoms with Crippen LogP contribution in [-0.4, -0.2) is 42.2 Å². The van der Waals surface area contributed by atoms with Crippen molar-refractivity contribution < 1.29 is 13.9 Å². The van der Waals surface area contributed by atoms with Gasteiger partial charge in [0.05, 0.1) is 19.5 Å². The average molecular weight is 474 g/mol. The number of amides is 1. The molecule has 4 aromatic rings. The lowest BCUT2D eigenvalue weighted by molar-refractivity contribution is 0.0996. The van der Waals surface area contributed by atoms with E-state index >= 15 is 0 Å². The lowest BCUT2D eigenvalue weighted by atomic mass is 10.2. The highest BCUT2D eigenvalue weighted by Gasteiger charge is 2.11. The number of anilines is 4. The maximum Gasteiger partial charge on any atom is 0.291 e. The molecule has 0 bridgehead atoms. The van der Waals surface area contributed by atoms with E-state index in [-0.39, 0.29) is 11.7 Å². The summed E-state index contributed by atoms with van der Waals surface area (Å²) < 4.78 is 10.5. The minimum atomic E-state index is -0.283. The monoisotopic (exact) mass is 473 g/mol. The van der Waals surface area contributed by atoms with E-state index in [1.54, 1.807) is 18.3 Å². The topological polar surface area (TPSA) is 92.5 Å². The van der Waals surface area contributed by atoms with Crippen molar-refractivity contribution in [3.63, 3.8) is 0 Å². The van der Waals surface area contributed by atoms with E-state index in [1.165, 1.54) is 23.7 Å². The molecule has 0 spiro atoms. The number of benzene rings is 2. The average Bonchev–Trinajstić information content (AvgIpc) is 3.42. The third-order valence-electron chi connectivity index (χ3n) is 5.21. The molecule has 2 aromatic heterocycles. The van der Waals surface area contributed by atoms with E-state index in [9.17, 15) is 4.79 Å². The smallest absolute Gasteiger partial charge is 0.291 e. The van der Waals surface area contributed by atoms with E-state index in [0.717, 1.165) is 41.9 Å². The number of hydrogen-bond acceptors (Lipinski definition) is 8. The zero-order valence-electron chi connectivity index (χ0n) is 18.3. The maximum absolute atomic E-state index is 12.1. The molecule has 8 nitrogen and oxygen atoms in total. The van der Waals surface area contributed by atoms with Crippen LogP contribution < -0.4 is 15.5 Å². The van der Waals surface area contributed by atoms with Gasteiger partial charge in [-0.15, -0.1) is 0 Å². The fourth-order valence-electron chi connectivity index (χ4n) is 3.49. The van der Waals surface area contributed by atoms with Crippen LogP contribution in [0.15, 0.2) is 93.5 Å². The molecule has 34 heavy (non-hydrogen) atoms. The molecule has 2 aromatic carbocycles. The van der Waals surface area contributed by atoms with Gasteiger partial charge in [-0.2, -0.15) is 0 Å². The Morgan fingerprint density at radius 2 is 1.71 bits per heavy atom. The first kappa shape index (κ1) is 22.0. The number of ether oxygens (including phenoxy) is 1. The maximum atomic E-state index is 12.1. The van der Waals surface area contributed by atoms with Crippen molar-refractivity contribution in [2.45, 2.75) is 9.92 Å². The third-order valence-corrected chi connectivity index (χ3v) is 6.15. The normalized spacial score (nSPS) is 13.5. The predicted octanol–water partition coefficient (Wildman–Crippen LogP) is 5.05. The molecule has 5 rings (SSSR count). The molecule has 172 valence electrons. The minimum Gasteiger partial charge on any atom is -0.459 e. The van der Waals surface area contributed by atoms with Crippen molar-refractivity contribution >= 4 is 40.7 Å². The highest BCUT2D eigenvalue weighted by atomic mass is 32.2. The number of aromatic nitrogens is 2. The highest BCUT2D eigenvalue weighted by Crippen LogP contribution is 2.28. The molecule has 1 aliphatic rings. The van der Waals surface area contributed by atoms with E-state index in [2.05, 4.69) is 37.6 Å². The van der Waals surface area contributed by atoms with Crippen molar-refractivity contribution in [2.75, 3.05) is 41.8 Å². The van der Waals surface area contributed by atoms with E-state index in [4.69, 9.17) is 9.15 Å². The standard InChI is InChI=1S/C25H23N5O3S/c31-24(22-2-1-15-33-22)27-18-5-9-21(10-6-18)34-23-11-12-26-25(29-23)28-19-3-7-20(8-4-19)30-13-16-32-17-14-30/h1-12,15H,13-14,16-17H2,(H,27,31)(H,26,28,29). The molecule has 3 heterocycles. The molecule has 1 saturated heterocycles. The quantitative estimate of drug-likeness (QED) is 0.360. The Kier molecular flexibility index (Phi) is 6.73. The first-order valence-corrected chi connectivity index (χ1v) is 11.7. The highest BCUT2D eigenvalue weighted by molar-refractivity contribution is 7.99. The summed E-state index contributed by atoms with van der Waals surface area (Å²) in [5.74, 6) is 0.525. The number of furan rings is 1. The summed E-state index contributed by atoms with van der Waals surface area (Å²) in [6, 6.07) is 21.0. The van der Waals surface area contributed by atoms with Gasteiger partial charge in [0, 0.05) is 41.2 Å². The number of hydrogen-bond donors (Lipinski definition) is 2. The molecule has 1 fully saturated rings. The summed E-state index contributed by atoms with van der Waals surface area (Å²) in [4.78, 5) is 24.4. The molecule has 1 aliphatic heterocycles. The van der Waals surface area contributed by atoms with Crippen molar-refractivity contribution in [3.05, 3.63) is 85.0 Å².